The predicted octanol–water partition coefficient (Wildman–Crippen LogP) is 3.01. The number of aliphatic hydroxyl groups excluding tert-OH is 1. The summed E-state index contributed by atoms with van der Waals surface area (Å²) in [7, 11) is 0. The number of aliphatic hydroxyl groups is 1. The van der Waals surface area contributed by atoms with Crippen molar-refractivity contribution >= 4 is 5.91 Å². The molecule has 0 aliphatic heterocycles. The first-order valence-corrected chi connectivity index (χ1v) is 8.20. The summed E-state index contributed by atoms with van der Waals surface area (Å²) in [6, 6.07) is 0. The minimum absolute atomic E-state index is 0.199. The monoisotopic (exact) mass is 267 g/mol. The van der Waals surface area contributed by atoms with Gasteiger partial charge in [-0.25, -0.2) is 0 Å². The van der Waals surface area contributed by atoms with Gasteiger partial charge in [0, 0.05) is 18.9 Å². The van der Waals surface area contributed by atoms with E-state index in [1.165, 1.54) is 44.9 Å². The standard InChI is InChI=1S/C16H29NO2/c18-15-10-6-5-9-14(15)12-17-16(19)11-13-7-3-1-2-4-8-13/h13-15,18H,1-12H2,(H,17,19). The molecule has 2 rings (SSSR count). The third kappa shape index (κ3) is 5.13. The van der Waals surface area contributed by atoms with Crippen molar-refractivity contribution in [3.8, 4) is 0 Å². The molecule has 0 spiro atoms. The van der Waals surface area contributed by atoms with Crippen LogP contribution in [0.5, 0.6) is 0 Å². The van der Waals surface area contributed by atoms with Crippen molar-refractivity contribution in [2.24, 2.45) is 11.8 Å². The molecule has 0 aromatic rings. The molecule has 2 saturated carbocycles. The first-order valence-electron chi connectivity index (χ1n) is 8.20. The molecule has 1 amide bonds. The molecule has 2 N–H and O–H groups in total. The molecule has 2 unspecified atom stereocenters. The number of nitrogens with one attached hydrogen (secondary N) is 1. The second kappa shape index (κ2) is 7.88. The van der Waals surface area contributed by atoms with Crippen LogP contribution in [0.3, 0.4) is 0 Å². The van der Waals surface area contributed by atoms with E-state index in [4.69, 9.17) is 0 Å². The quantitative estimate of drug-likeness (QED) is 0.769. The summed E-state index contributed by atoms with van der Waals surface area (Å²) in [4.78, 5) is 12.0. The summed E-state index contributed by atoms with van der Waals surface area (Å²) in [6.07, 6.45) is 12.5. The van der Waals surface area contributed by atoms with Crippen molar-refractivity contribution < 1.29 is 9.90 Å². The van der Waals surface area contributed by atoms with Crippen molar-refractivity contribution in [2.75, 3.05) is 6.54 Å². The Morgan fingerprint density at radius 2 is 1.58 bits per heavy atom. The van der Waals surface area contributed by atoms with Gasteiger partial charge in [0.05, 0.1) is 6.10 Å². The van der Waals surface area contributed by atoms with Crippen LogP contribution < -0.4 is 5.32 Å². The molecule has 2 fully saturated rings. The van der Waals surface area contributed by atoms with Crippen molar-refractivity contribution in [2.45, 2.75) is 76.7 Å². The van der Waals surface area contributed by atoms with Gasteiger partial charge in [-0.1, -0.05) is 38.5 Å². The topological polar surface area (TPSA) is 49.3 Å². The zero-order valence-corrected chi connectivity index (χ0v) is 12.1. The minimum atomic E-state index is -0.202. The summed E-state index contributed by atoms with van der Waals surface area (Å²) in [5, 5.41) is 12.9. The molecular formula is C16H29NO2. The Balaban J connectivity index is 1.65. The lowest BCUT2D eigenvalue weighted by molar-refractivity contribution is -0.122. The predicted molar refractivity (Wildman–Crippen MR) is 76.8 cm³/mol. The first-order chi connectivity index (χ1) is 9.25. The maximum absolute atomic E-state index is 12.0. The lowest BCUT2D eigenvalue weighted by Crippen LogP contribution is -2.37. The van der Waals surface area contributed by atoms with Gasteiger partial charge in [0.1, 0.15) is 0 Å². The number of rotatable bonds is 4. The SMILES string of the molecule is O=C(CC1CCCCCC1)NCC1CCCCC1O. The van der Waals surface area contributed by atoms with Crippen LogP contribution in [0.1, 0.15) is 70.6 Å². The number of carbonyl (C=O) groups is 1. The molecule has 0 aromatic carbocycles. The van der Waals surface area contributed by atoms with E-state index in [2.05, 4.69) is 5.32 Å². The number of hydrogen-bond donors (Lipinski definition) is 2. The Morgan fingerprint density at radius 1 is 0.947 bits per heavy atom. The van der Waals surface area contributed by atoms with Crippen LogP contribution in [-0.4, -0.2) is 23.7 Å². The van der Waals surface area contributed by atoms with E-state index in [0.29, 0.717) is 18.9 Å². The average molecular weight is 267 g/mol. The van der Waals surface area contributed by atoms with E-state index in [1.807, 2.05) is 0 Å². The van der Waals surface area contributed by atoms with Crippen LogP contribution >= 0.6 is 0 Å². The Hall–Kier alpha value is -0.570. The van der Waals surface area contributed by atoms with Crippen LogP contribution in [0.4, 0.5) is 0 Å². The van der Waals surface area contributed by atoms with E-state index in [-0.39, 0.29) is 17.9 Å². The van der Waals surface area contributed by atoms with E-state index < -0.39 is 0 Å². The zero-order chi connectivity index (χ0) is 13.5. The fourth-order valence-corrected chi connectivity index (χ4v) is 3.57. The molecule has 19 heavy (non-hydrogen) atoms. The van der Waals surface area contributed by atoms with Gasteiger partial charge >= 0.3 is 0 Å². The van der Waals surface area contributed by atoms with Gasteiger partial charge in [0.15, 0.2) is 0 Å². The first kappa shape index (κ1) is 14.8. The highest BCUT2D eigenvalue weighted by Gasteiger charge is 2.23. The van der Waals surface area contributed by atoms with Gasteiger partial charge in [-0.15, -0.1) is 0 Å². The fraction of sp³-hybridized carbons (Fsp3) is 0.938. The van der Waals surface area contributed by atoms with Gasteiger partial charge in [0.2, 0.25) is 5.91 Å². The lowest BCUT2D eigenvalue weighted by atomic mass is 9.86. The van der Waals surface area contributed by atoms with Crippen LogP contribution in [0.25, 0.3) is 0 Å². The number of carbonyl (C=O) groups excluding carboxylic acids is 1. The second-order valence-electron chi connectivity index (χ2n) is 6.48. The van der Waals surface area contributed by atoms with Gasteiger partial charge in [-0.3, -0.25) is 4.79 Å². The average Bonchev–Trinajstić information content (AvgIpc) is 2.66. The van der Waals surface area contributed by atoms with Crippen LogP contribution in [0, 0.1) is 11.8 Å². The Morgan fingerprint density at radius 3 is 2.26 bits per heavy atom. The van der Waals surface area contributed by atoms with Crippen LogP contribution in [0.2, 0.25) is 0 Å². The summed E-state index contributed by atoms with van der Waals surface area (Å²) < 4.78 is 0. The highest BCUT2D eigenvalue weighted by molar-refractivity contribution is 5.76. The Labute approximate surface area is 117 Å². The Bertz CT molecular complexity index is 272. The van der Waals surface area contributed by atoms with E-state index >= 15 is 0 Å². The van der Waals surface area contributed by atoms with E-state index in [9.17, 15) is 9.90 Å². The van der Waals surface area contributed by atoms with E-state index in [1.54, 1.807) is 0 Å². The molecule has 0 bridgehead atoms. The highest BCUT2D eigenvalue weighted by atomic mass is 16.3. The van der Waals surface area contributed by atoms with Crippen LogP contribution in [-0.2, 0) is 4.79 Å². The fourth-order valence-electron chi connectivity index (χ4n) is 3.57. The molecule has 2 aliphatic rings. The summed E-state index contributed by atoms with van der Waals surface area (Å²) in [5.74, 6) is 1.08. The molecule has 0 saturated heterocycles. The highest BCUT2D eigenvalue weighted by Crippen LogP contribution is 2.26. The number of hydrogen-bond acceptors (Lipinski definition) is 2. The van der Waals surface area contributed by atoms with Crippen molar-refractivity contribution in [1.82, 2.24) is 5.32 Å². The zero-order valence-electron chi connectivity index (χ0n) is 12.1. The Kier molecular flexibility index (Phi) is 6.15. The van der Waals surface area contributed by atoms with Crippen molar-refractivity contribution in [3.05, 3.63) is 0 Å². The number of amides is 1. The maximum Gasteiger partial charge on any atom is 0.220 e. The maximum atomic E-state index is 12.0. The van der Waals surface area contributed by atoms with E-state index in [0.717, 1.165) is 19.3 Å². The molecule has 0 radical (unpaired) electrons. The van der Waals surface area contributed by atoms with Crippen molar-refractivity contribution in [1.29, 1.82) is 0 Å². The summed E-state index contributed by atoms with van der Waals surface area (Å²) in [5.41, 5.74) is 0. The molecule has 2 aliphatic carbocycles. The molecular weight excluding hydrogens is 238 g/mol. The normalized spacial score (nSPS) is 29.7. The largest absolute Gasteiger partial charge is 0.393 e. The molecule has 3 heteroatoms. The van der Waals surface area contributed by atoms with Gasteiger partial charge in [-0.05, 0) is 31.6 Å². The van der Waals surface area contributed by atoms with Crippen molar-refractivity contribution in [3.63, 3.8) is 0 Å². The lowest BCUT2D eigenvalue weighted by Gasteiger charge is -2.27. The summed E-state index contributed by atoms with van der Waals surface area (Å²) in [6.45, 7) is 0.673. The van der Waals surface area contributed by atoms with Gasteiger partial charge < -0.3 is 10.4 Å². The summed E-state index contributed by atoms with van der Waals surface area (Å²) >= 11 is 0. The molecule has 2 atom stereocenters. The third-order valence-electron chi connectivity index (χ3n) is 4.88. The van der Waals surface area contributed by atoms with Crippen LogP contribution in [0.15, 0.2) is 0 Å². The van der Waals surface area contributed by atoms with Gasteiger partial charge in [-0.2, -0.15) is 0 Å². The third-order valence-corrected chi connectivity index (χ3v) is 4.88. The smallest absolute Gasteiger partial charge is 0.220 e. The molecule has 110 valence electrons. The minimum Gasteiger partial charge on any atom is -0.393 e. The molecule has 0 aromatic heterocycles. The molecule has 3 nitrogen and oxygen atoms in total. The molecule has 0 heterocycles. The van der Waals surface area contributed by atoms with Gasteiger partial charge in [0.25, 0.3) is 0 Å². The second-order valence-corrected chi connectivity index (χ2v) is 6.48.